The van der Waals surface area contributed by atoms with E-state index in [2.05, 4.69) is 15.2 Å². The van der Waals surface area contributed by atoms with Gasteiger partial charge in [0, 0.05) is 42.5 Å². The van der Waals surface area contributed by atoms with Crippen LogP contribution in [0.1, 0.15) is 5.56 Å². The summed E-state index contributed by atoms with van der Waals surface area (Å²) in [7, 11) is -3.43. The molecule has 0 bridgehead atoms. The van der Waals surface area contributed by atoms with Gasteiger partial charge >= 0.3 is 0 Å². The lowest BCUT2D eigenvalue weighted by Crippen LogP contribution is -2.43. The van der Waals surface area contributed by atoms with Crippen molar-refractivity contribution in [2.24, 2.45) is 0 Å². The van der Waals surface area contributed by atoms with Gasteiger partial charge in [-0.2, -0.15) is 0 Å². The van der Waals surface area contributed by atoms with Crippen LogP contribution in [0, 0.1) is 0 Å². The molecule has 7 heteroatoms. The highest BCUT2D eigenvalue weighted by molar-refractivity contribution is 7.92. The summed E-state index contributed by atoms with van der Waals surface area (Å²) in [6, 6.07) is 17.6. The van der Waals surface area contributed by atoms with Gasteiger partial charge in [0.15, 0.2) is 9.84 Å². The van der Waals surface area contributed by atoms with Crippen LogP contribution in [0.3, 0.4) is 0 Å². The van der Waals surface area contributed by atoms with Crippen LogP contribution in [0.4, 0.5) is 5.82 Å². The van der Waals surface area contributed by atoms with Gasteiger partial charge in [-0.25, -0.2) is 13.4 Å². The fourth-order valence-corrected chi connectivity index (χ4v) is 6.62. The lowest BCUT2D eigenvalue weighted by atomic mass is 10.1. The number of nitrogens with one attached hydrogen (secondary N) is 1. The van der Waals surface area contributed by atoms with Crippen LogP contribution in [0.25, 0.3) is 20.9 Å². The second-order valence-electron chi connectivity index (χ2n) is 7.29. The molecule has 0 atom stereocenters. The fourth-order valence-electron chi connectivity index (χ4n) is 3.83. The van der Waals surface area contributed by atoms with E-state index >= 15 is 0 Å². The molecule has 1 saturated heterocycles. The Hall–Kier alpha value is -2.48. The Balaban J connectivity index is 1.50. The third kappa shape index (κ3) is 3.61. The van der Waals surface area contributed by atoms with Gasteiger partial charge in [0.1, 0.15) is 10.0 Å². The normalized spacial score (nSPS) is 15.2. The molecule has 3 heterocycles. The quantitative estimate of drug-likeness (QED) is 0.540. The number of pyridine rings is 1. The maximum atomic E-state index is 13.2. The summed E-state index contributed by atoms with van der Waals surface area (Å²) in [5.41, 5.74) is 0.807. The summed E-state index contributed by atoms with van der Waals surface area (Å²) in [5, 5.41) is 6.44. The van der Waals surface area contributed by atoms with Crippen LogP contribution in [-0.2, 0) is 15.6 Å². The van der Waals surface area contributed by atoms with Gasteiger partial charge in [-0.1, -0.05) is 42.5 Å². The standard InChI is InChI=1S/C22H21N3O2S2/c26-29(27,15-16-5-6-17-3-1-2-4-18(17)13-16)21-14-19-20(28-21)7-8-24-22(19)25-11-9-23-10-12-25/h1-8,13-14,23H,9-12,15H2. The summed E-state index contributed by atoms with van der Waals surface area (Å²) < 4.78 is 27.7. The number of thiophene rings is 1. The fraction of sp³-hybridized carbons (Fsp3) is 0.227. The van der Waals surface area contributed by atoms with Crippen molar-refractivity contribution in [1.82, 2.24) is 10.3 Å². The van der Waals surface area contributed by atoms with Crippen LogP contribution in [0.15, 0.2) is 65.0 Å². The number of hydrogen-bond donors (Lipinski definition) is 1. The molecule has 0 radical (unpaired) electrons. The number of fused-ring (bicyclic) bond motifs is 2. The van der Waals surface area contributed by atoms with E-state index in [9.17, 15) is 8.42 Å². The van der Waals surface area contributed by atoms with Gasteiger partial charge in [0.05, 0.1) is 5.75 Å². The number of sulfone groups is 1. The molecule has 5 nitrogen and oxygen atoms in total. The molecule has 1 aliphatic heterocycles. The smallest absolute Gasteiger partial charge is 0.191 e. The van der Waals surface area contributed by atoms with E-state index in [1.807, 2.05) is 48.5 Å². The molecule has 5 rings (SSSR count). The highest BCUT2D eigenvalue weighted by Gasteiger charge is 2.22. The first-order valence-electron chi connectivity index (χ1n) is 9.65. The highest BCUT2D eigenvalue weighted by atomic mass is 32.2. The van der Waals surface area contributed by atoms with Crippen molar-refractivity contribution in [1.29, 1.82) is 0 Å². The maximum Gasteiger partial charge on any atom is 0.191 e. The van der Waals surface area contributed by atoms with Crippen molar-refractivity contribution in [3.8, 4) is 0 Å². The zero-order valence-corrected chi connectivity index (χ0v) is 17.5. The zero-order chi connectivity index (χ0) is 19.8. The molecule has 0 unspecified atom stereocenters. The van der Waals surface area contributed by atoms with E-state index in [0.717, 1.165) is 58.4 Å². The minimum Gasteiger partial charge on any atom is -0.354 e. The van der Waals surface area contributed by atoms with E-state index in [4.69, 9.17) is 0 Å². The van der Waals surface area contributed by atoms with Crippen molar-refractivity contribution < 1.29 is 8.42 Å². The van der Waals surface area contributed by atoms with Crippen LogP contribution < -0.4 is 10.2 Å². The molecule has 1 aliphatic rings. The molecule has 2 aromatic carbocycles. The second-order valence-corrected chi connectivity index (χ2v) is 10.6. The average Bonchev–Trinajstić information content (AvgIpc) is 3.20. The van der Waals surface area contributed by atoms with E-state index in [0.29, 0.717) is 4.21 Å². The van der Waals surface area contributed by atoms with Crippen molar-refractivity contribution in [3.63, 3.8) is 0 Å². The number of aromatic nitrogens is 1. The van der Waals surface area contributed by atoms with E-state index in [1.165, 1.54) is 11.3 Å². The summed E-state index contributed by atoms with van der Waals surface area (Å²) >= 11 is 1.33. The van der Waals surface area contributed by atoms with Crippen LogP contribution in [0.2, 0.25) is 0 Å². The summed E-state index contributed by atoms with van der Waals surface area (Å²) in [4.78, 5) is 6.78. The Morgan fingerprint density at radius 3 is 2.62 bits per heavy atom. The predicted octanol–water partition coefficient (Wildman–Crippen LogP) is 3.83. The monoisotopic (exact) mass is 423 g/mol. The minimum absolute atomic E-state index is 0.00104. The zero-order valence-electron chi connectivity index (χ0n) is 15.8. The van der Waals surface area contributed by atoms with Crippen molar-refractivity contribution in [2.75, 3.05) is 31.1 Å². The number of benzene rings is 2. The molecule has 4 aromatic rings. The van der Waals surface area contributed by atoms with Gasteiger partial charge in [-0.05, 0) is 28.5 Å². The highest BCUT2D eigenvalue weighted by Crippen LogP contribution is 2.35. The number of anilines is 1. The third-order valence-corrected chi connectivity index (χ3v) is 8.65. The molecule has 0 aliphatic carbocycles. The topological polar surface area (TPSA) is 62.3 Å². The maximum absolute atomic E-state index is 13.2. The van der Waals surface area contributed by atoms with Gasteiger partial charge in [0.2, 0.25) is 0 Å². The van der Waals surface area contributed by atoms with Crippen molar-refractivity contribution in [3.05, 3.63) is 66.4 Å². The van der Waals surface area contributed by atoms with Crippen LogP contribution in [-0.4, -0.2) is 39.6 Å². The second kappa shape index (κ2) is 7.40. The Morgan fingerprint density at radius 2 is 1.79 bits per heavy atom. The Labute approximate surface area is 173 Å². The molecule has 1 fully saturated rings. The number of hydrogen-bond acceptors (Lipinski definition) is 6. The molecular weight excluding hydrogens is 402 g/mol. The molecular formula is C22H21N3O2S2. The lowest BCUT2D eigenvalue weighted by molar-refractivity contribution is 0.586. The predicted molar refractivity (Wildman–Crippen MR) is 120 cm³/mol. The Morgan fingerprint density at radius 1 is 1.00 bits per heavy atom. The number of nitrogens with zero attached hydrogens (tertiary/aromatic N) is 2. The van der Waals surface area contributed by atoms with E-state index in [-0.39, 0.29) is 5.75 Å². The molecule has 29 heavy (non-hydrogen) atoms. The largest absolute Gasteiger partial charge is 0.354 e. The molecule has 1 N–H and O–H groups in total. The average molecular weight is 424 g/mol. The third-order valence-electron chi connectivity index (χ3n) is 5.30. The first-order valence-corrected chi connectivity index (χ1v) is 12.1. The van der Waals surface area contributed by atoms with E-state index < -0.39 is 9.84 Å². The molecule has 0 saturated carbocycles. The van der Waals surface area contributed by atoms with Gasteiger partial charge in [0.25, 0.3) is 0 Å². The molecule has 2 aromatic heterocycles. The number of rotatable bonds is 4. The first kappa shape index (κ1) is 18.5. The SMILES string of the molecule is O=S(=O)(Cc1ccc2ccccc2c1)c1cc2c(N3CCNCC3)nccc2s1. The first-order chi connectivity index (χ1) is 14.1. The van der Waals surface area contributed by atoms with Crippen molar-refractivity contribution in [2.45, 2.75) is 9.96 Å². The Kier molecular flexibility index (Phi) is 4.73. The summed E-state index contributed by atoms with van der Waals surface area (Å²) in [5.74, 6) is 0.883. The molecule has 148 valence electrons. The summed E-state index contributed by atoms with van der Waals surface area (Å²) in [6.07, 6.45) is 1.77. The van der Waals surface area contributed by atoms with Crippen LogP contribution >= 0.6 is 11.3 Å². The number of piperazine rings is 1. The molecule has 0 spiro atoms. The van der Waals surface area contributed by atoms with E-state index in [1.54, 1.807) is 12.3 Å². The molecule has 0 amide bonds. The Bertz CT molecular complexity index is 1290. The summed E-state index contributed by atoms with van der Waals surface area (Å²) in [6.45, 7) is 3.58. The van der Waals surface area contributed by atoms with Crippen molar-refractivity contribution >= 4 is 47.9 Å². The van der Waals surface area contributed by atoms with Crippen LogP contribution in [0.5, 0.6) is 0 Å². The minimum atomic E-state index is -3.43. The van der Waals surface area contributed by atoms with Gasteiger partial charge in [-0.15, -0.1) is 11.3 Å². The van der Waals surface area contributed by atoms with Gasteiger partial charge in [-0.3, -0.25) is 0 Å². The van der Waals surface area contributed by atoms with Gasteiger partial charge < -0.3 is 10.2 Å². The lowest BCUT2D eigenvalue weighted by Gasteiger charge is -2.28.